The van der Waals surface area contributed by atoms with Crippen molar-refractivity contribution >= 4 is 5.91 Å². The van der Waals surface area contributed by atoms with Crippen LogP contribution in [-0.4, -0.2) is 18.9 Å². The lowest BCUT2D eigenvalue weighted by molar-refractivity contribution is -0.275. The summed E-state index contributed by atoms with van der Waals surface area (Å²) in [5.41, 5.74) is 4.50. The van der Waals surface area contributed by atoms with Gasteiger partial charge in [-0.15, -0.1) is 13.2 Å². The molecule has 2 N–H and O–H groups in total. The van der Waals surface area contributed by atoms with E-state index in [2.05, 4.69) is 9.47 Å². The molecule has 9 heteroatoms. The van der Waals surface area contributed by atoms with Crippen molar-refractivity contribution < 1.29 is 36.2 Å². The van der Waals surface area contributed by atoms with Crippen LogP contribution >= 0.6 is 0 Å². The highest BCUT2D eigenvalue weighted by Gasteiger charge is 2.33. The molecule has 0 saturated carbocycles. The number of hydrogen-bond acceptors (Lipinski definition) is 3. The molecule has 0 aliphatic rings. The second-order valence-corrected chi connectivity index (χ2v) is 2.95. The third-order valence-electron chi connectivity index (χ3n) is 1.67. The highest BCUT2D eigenvalue weighted by Crippen LogP contribution is 2.34. The molecule has 0 heterocycles. The Bertz CT molecular complexity index is 446. The van der Waals surface area contributed by atoms with Gasteiger partial charge in [0, 0.05) is 5.56 Å². The van der Waals surface area contributed by atoms with E-state index >= 15 is 0 Å². The topological polar surface area (TPSA) is 61.6 Å². The SMILES string of the molecule is NC(=O)c1ccc(OC(F)F)c(OC(F)(F)F)c1. The van der Waals surface area contributed by atoms with E-state index < -0.39 is 30.4 Å². The molecule has 0 atom stereocenters. The first-order chi connectivity index (χ1) is 8.19. The zero-order valence-electron chi connectivity index (χ0n) is 8.50. The third-order valence-corrected chi connectivity index (χ3v) is 1.67. The van der Waals surface area contributed by atoms with Crippen molar-refractivity contribution in [2.45, 2.75) is 13.0 Å². The van der Waals surface area contributed by atoms with Gasteiger partial charge in [-0.25, -0.2) is 0 Å². The highest BCUT2D eigenvalue weighted by molar-refractivity contribution is 5.93. The molecule has 0 radical (unpaired) electrons. The van der Waals surface area contributed by atoms with Gasteiger partial charge >= 0.3 is 13.0 Å². The summed E-state index contributed by atoms with van der Waals surface area (Å²) in [5, 5.41) is 0. The van der Waals surface area contributed by atoms with Crippen LogP contribution < -0.4 is 15.2 Å². The Morgan fingerprint density at radius 2 is 1.83 bits per heavy atom. The molecule has 0 aromatic heterocycles. The Labute approximate surface area is 97.1 Å². The van der Waals surface area contributed by atoms with Gasteiger partial charge in [-0.05, 0) is 18.2 Å². The lowest BCUT2D eigenvalue weighted by atomic mass is 10.2. The van der Waals surface area contributed by atoms with Gasteiger partial charge in [0.05, 0.1) is 0 Å². The van der Waals surface area contributed by atoms with Gasteiger partial charge in [-0.1, -0.05) is 0 Å². The Kier molecular flexibility index (Phi) is 3.94. The molecular weight excluding hydrogens is 265 g/mol. The van der Waals surface area contributed by atoms with E-state index in [1.807, 2.05) is 0 Å². The Balaban J connectivity index is 3.13. The van der Waals surface area contributed by atoms with E-state index in [1.165, 1.54) is 0 Å². The van der Waals surface area contributed by atoms with Gasteiger partial charge < -0.3 is 15.2 Å². The van der Waals surface area contributed by atoms with E-state index in [0.717, 1.165) is 12.1 Å². The molecule has 0 aliphatic heterocycles. The molecule has 0 spiro atoms. The molecule has 1 aromatic rings. The molecule has 0 bridgehead atoms. The minimum Gasteiger partial charge on any atom is -0.431 e. The van der Waals surface area contributed by atoms with Crippen LogP contribution in [0.2, 0.25) is 0 Å². The molecule has 1 aromatic carbocycles. The second-order valence-electron chi connectivity index (χ2n) is 2.95. The quantitative estimate of drug-likeness (QED) is 0.854. The molecule has 18 heavy (non-hydrogen) atoms. The highest BCUT2D eigenvalue weighted by atomic mass is 19.4. The number of alkyl halides is 5. The minimum atomic E-state index is -5.11. The first-order valence-electron chi connectivity index (χ1n) is 4.33. The van der Waals surface area contributed by atoms with Crippen molar-refractivity contribution in [3.05, 3.63) is 23.8 Å². The first-order valence-corrected chi connectivity index (χ1v) is 4.33. The summed E-state index contributed by atoms with van der Waals surface area (Å²) >= 11 is 0. The van der Waals surface area contributed by atoms with Crippen molar-refractivity contribution in [2.75, 3.05) is 0 Å². The fourth-order valence-electron chi connectivity index (χ4n) is 1.06. The van der Waals surface area contributed by atoms with Crippen molar-refractivity contribution in [3.63, 3.8) is 0 Å². The van der Waals surface area contributed by atoms with Crippen molar-refractivity contribution in [1.29, 1.82) is 0 Å². The number of rotatable bonds is 4. The number of carbonyl (C=O) groups is 1. The van der Waals surface area contributed by atoms with Crippen LogP contribution in [-0.2, 0) is 0 Å². The molecule has 0 aliphatic carbocycles. The summed E-state index contributed by atoms with van der Waals surface area (Å²) in [6.45, 7) is -3.33. The van der Waals surface area contributed by atoms with Crippen molar-refractivity contribution in [2.24, 2.45) is 5.73 Å². The van der Waals surface area contributed by atoms with Gasteiger partial charge in [0.15, 0.2) is 11.5 Å². The largest absolute Gasteiger partial charge is 0.573 e. The van der Waals surface area contributed by atoms with E-state index in [0.29, 0.717) is 6.07 Å². The predicted octanol–water partition coefficient (Wildman–Crippen LogP) is 2.29. The lowest BCUT2D eigenvalue weighted by Crippen LogP contribution is -2.19. The molecule has 1 amide bonds. The summed E-state index contributed by atoms with van der Waals surface area (Å²) in [4.78, 5) is 10.7. The molecule has 0 saturated heterocycles. The molecule has 1 rings (SSSR count). The van der Waals surface area contributed by atoms with Crippen LogP contribution in [0, 0.1) is 0 Å². The maximum Gasteiger partial charge on any atom is 0.573 e. The molecule has 4 nitrogen and oxygen atoms in total. The van der Waals surface area contributed by atoms with E-state index in [1.54, 1.807) is 0 Å². The normalized spacial score (nSPS) is 11.4. The average molecular weight is 271 g/mol. The number of ether oxygens (including phenoxy) is 2. The maximum absolute atomic E-state index is 12.0. The Hall–Kier alpha value is -2.06. The van der Waals surface area contributed by atoms with E-state index in [-0.39, 0.29) is 5.56 Å². The van der Waals surface area contributed by atoms with Crippen LogP contribution in [0.1, 0.15) is 10.4 Å². The van der Waals surface area contributed by atoms with Gasteiger partial charge in [-0.2, -0.15) is 8.78 Å². The fourth-order valence-corrected chi connectivity index (χ4v) is 1.06. The fraction of sp³-hybridized carbons (Fsp3) is 0.222. The first kappa shape index (κ1) is 14.0. The Morgan fingerprint density at radius 1 is 1.22 bits per heavy atom. The summed E-state index contributed by atoms with van der Waals surface area (Å²) in [6.07, 6.45) is -5.11. The smallest absolute Gasteiger partial charge is 0.431 e. The zero-order valence-corrected chi connectivity index (χ0v) is 8.50. The third kappa shape index (κ3) is 4.07. The van der Waals surface area contributed by atoms with Crippen molar-refractivity contribution in [1.82, 2.24) is 0 Å². The van der Waals surface area contributed by atoms with Gasteiger partial charge in [0.1, 0.15) is 0 Å². The summed E-state index contributed by atoms with van der Waals surface area (Å²) < 4.78 is 67.2. The minimum absolute atomic E-state index is 0.337. The van der Waals surface area contributed by atoms with Crippen LogP contribution in [0.15, 0.2) is 18.2 Å². The molecular formula is C9H6F5NO3. The number of hydrogen-bond donors (Lipinski definition) is 1. The van der Waals surface area contributed by atoms with Crippen LogP contribution in [0.5, 0.6) is 11.5 Å². The standard InChI is InChI=1S/C9H6F5NO3/c10-8(11)17-5-2-1-4(7(15)16)3-6(5)18-9(12,13)14/h1-3,8H,(H2,15,16). The second kappa shape index (κ2) is 5.07. The number of benzene rings is 1. The zero-order chi connectivity index (χ0) is 13.9. The van der Waals surface area contributed by atoms with Gasteiger partial charge in [-0.3, -0.25) is 4.79 Å². The van der Waals surface area contributed by atoms with E-state index in [9.17, 15) is 26.7 Å². The van der Waals surface area contributed by atoms with Gasteiger partial charge in [0.2, 0.25) is 5.91 Å². The summed E-state index contributed by atoms with van der Waals surface area (Å²) in [7, 11) is 0. The summed E-state index contributed by atoms with van der Waals surface area (Å²) in [5.74, 6) is -2.96. The van der Waals surface area contributed by atoms with Crippen LogP contribution in [0.3, 0.4) is 0 Å². The number of primary amides is 1. The molecule has 0 unspecified atom stereocenters. The number of amides is 1. The monoisotopic (exact) mass is 271 g/mol. The van der Waals surface area contributed by atoms with Crippen molar-refractivity contribution in [3.8, 4) is 11.5 Å². The average Bonchev–Trinajstić information content (AvgIpc) is 2.17. The predicted molar refractivity (Wildman–Crippen MR) is 48.3 cm³/mol. The van der Waals surface area contributed by atoms with Gasteiger partial charge in [0.25, 0.3) is 0 Å². The lowest BCUT2D eigenvalue weighted by Gasteiger charge is -2.14. The number of halogens is 5. The molecule has 100 valence electrons. The number of carbonyl (C=O) groups excluding carboxylic acids is 1. The van der Waals surface area contributed by atoms with E-state index in [4.69, 9.17) is 5.73 Å². The molecule has 0 fully saturated rings. The van der Waals surface area contributed by atoms with Crippen LogP contribution in [0.25, 0.3) is 0 Å². The maximum atomic E-state index is 12.0. The Morgan fingerprint density at radius 3 is 2.28 bits per heavy atom. The number of nitrogens with two attached hydrogens (primary N) is 1. The summed E-state index contributed by atoms with van der Waals surface area (Å²) in [6, 6.07) is 2.23. The van der Waals surface area contributed by atoms with Crippen LogP contribution in [0.4, 0.5) is 22.0 Å².